The van der Waals surface area contributed by atoms with Gasteiger partial charge in [0.1, 0.15) is 17.2 Å². The molecule has 0 aliphatic heterocycles. The van der Waals surface area contributed by atoms with Gasteiger partial charge >= 0.3 is 0 Å². The highest BCUT2D eigenvalue weighted by atomic mass is 16.5. The molecule has 2 aromatic carbocycles. The number of aryl methyl sites for hydroxylation is 1. The first-order valence-corrected chi connectivity index (χ1v) is 11.4. The van der Waals surface area contributed by atoms with E-state index < -0.39 is 0 Å². The smallest absolute Gasteiger partial charge is 0.257 e. The van der Waals surface area contributed by atoms with Crippen LogP contribution in [-0.2, 0) is 11.2 Å². The molecule has 0 radical (unpaired) electrons. The summed E-state index contributed by atoms with van der Waals surface area (Å²) >= 11 is 0. The first-order valence-electron chi connectivity index (χ1n) is 11.4. The quantitative estimate of drug-likeness (QED) is 0.379. The fourth-order valence-electron chi connectivity index (χ4n) is 3.42. The van der Waals surface area contributed by atoms with Gasteiger partial charge < -0.3 is 19.5 Å². The van der Waals surface area contributed by atoms with Crippen LogP contribution in [0.5, 0.6) is 17.2 Å². The minimum absolute atomic E-state index is 0.0863. The molecule has 6 heteroatoms. The molecule has 0 aliphatic rings. The molecule has 0 aliphatic carbocycles. The number of carbonyl (C=O) groups is 1. The average molecular weight is 449 g/mol. The average Bonchev–Trinajstić information content (AvgIpc) is 2.78. The van der Waals surface area contributed by atoms with Crippen molar-refractivity contribution in [2.24, 2.45) is 0 Å². The molecule has 1 N–H and O–H groups in total. The minimum atomic E-state index is -0.212. The summed E-state index contributed by atoms with van der Waals surface area (Å²) < 4.78 is 17.2. The van der Waals surface area contributed by atoms with E-state index in [1.165, 1.54) is 0 Å². The standard InChI is InChI=1S/C27H32N2O4/c1-5-15-32-23-10-8-12-25(18-23)33-24-11-7-9-21(17-24)29-27(30)26-14-13-22(28-20(26)4)16-19(3)31-6-2/h7-14,17-19H,5-6,15-16H2,1-4H3,(H,29,30). The van der Waals surface area contributed by atoms with Crippen LogP contribution in [0.4, 0.5) is 5.69 Å². The number of hydrogen-bond donors (Lipinski definition) is 1. The molecule has 3 aromatic rings. The largest absolute Gasteiger partial charge is 0.493 e. The Bertz CT molecular complexity index is 1070. The van der Waals surface area contributed by atoms with E-state index in [-0.39, 0.29) is 12.0 Å². The summed E-state index contributed by atoms with van der Waals surface area (Å²) in [6.45, 7) is 9.23. The number of pyridine rings is 1. The molecule has 1 unspecified atom stereocenters. The molecule has 0 fully saturated rings. The third-order valence-electron chi connectivity index (χ3n) is 4.94. The molecular weight excluding hydrogens is 416 g/mol. The molecule has 1 amide bonds. The van der Waals surface area contributed by atoms with Crippen molar-refractivity contribution in [3.8, 4) is 17.2 Å². The Labute approximate surface area is 195 Å². The van der Waals surface area contributed by atoms with Crippen LogP contribution in [0.1, 0.15) is 48.9 Å². The molecule has 1 aromatic heterocycles. The van der Waals surface area contributed by atoms with Gasteiger partial charge in [-0.3, -0.25) is 9.78 Å². The normalized spacial score (nSPS) is 11.6. The van der Waals surface area contributed by atoms with Crippen LogP contribution in [0.3, 0.4) is 0 Å². The minimum Gasteiger partial charge on any atom is -0.493 e. The van der Waals surface area contributed by atoms with Gasteiger partial charge in [-0.05, 0) is 63.6 Å². The van der Waals surface area contributed by atoms with Gasteiger partial charge in [0, 0.05) is 36.5 Å². The second-order valence-corrected chi connectivity index (χ2v) is 7.81. The second kappa shape index (κ2) is 12.0. The molecule has 0 spiro atoms. The monoisotopic (exact) mass is 448 g/mol. The summed E-state index contributed by atoms with van der Waals surface area (Å²) in [6.07, 6.45) is 1.74. The Kier molecular flexibility index (Phi) is 8.84. The van der Waals surface area contributed by atoms with Gasteiger partial charge in [-0.15, -0.1) is 0 Å². The van der Waals surface area contributed by atoms with E-state index in [9.17, 15) is 4.79 Å². The van der Waals surface area contributed by atoms with Crippen molar-refractivity contribution < 1.29 is 19.0 Å². The van der Waals surface area contributed by atoms with E-state index in [0.717, 1.165) is 17.9 Å². The lowest BCUT2D eigenvalue weighted by Crippen LogP contribution is -2.16. The Morgan fingerprint density at radius 3 is 2.45 bits per heavy atom. The number of amides is 1. The molecule has 1 atom stereocenters. The third kappa shape index (κ3) is 7.32. The molecule has 0 bridgehead atoms. The second-order valence-electron chi connectivity index (χ2n) is 7.81. The highest BCUT2D eigenvalue weighted by Gasteiger charge is 2.13. The molecule has 33 heavy (non-hydrogen) atoms. The summed E-state index contributed by atoms with van der Waals surface area (Å²) in [7, 11) is 0. The van der Waals surface area contributed by atoms with Crippen molar-refractivity contribution in [3.63, 3.8) is 0 Å². The number of benzene rings is 2. The molecule has 6 nitrogen and oxygen atoms in total. The lowest BCUT2D eigenvalue weighted by Gasteiger charge is -2.13. The van der Waals surface area contributed by atoms with E-state index in [4.69, 9.17) is 14.2 Å². The maximum absolute atomic E-state index is 12.9. The van der Waals surface area contributed by atoms with Crippen molar-refractivity contribution in [1.29, 1.82) is 0 Å². The van der Waals surface area contributed by atoms with E-state index in [2.05, 4.69) is 17.2 Å². The highest BCUT2D eigenvalue weighted by molar-refractivity contribution is 6.05. The number of nitrogens with zero attached hydrogens (tertiary/aromatic N) is 1. The van der Waals surface area contributed by atoms with Crippen LogP contribution in [0.15, 0.2) is 60.7 Å². The van der Waals surface area contributed by atoms with Crippen molar-refractivity contribution in [2.75, 3.05) is 18.5 Å². The van der Waals surface area contributed by atoms with Crippen LogP contribution in [0.25, 0.3) is 0 Å². The Balaban J connectivity index is 1.66. The number of ether oxygens (including phenoxy) is 3. The highest BCUT2D eigenvalue weighted by Crippen LogP contribution is 2.27. The van der Waals surface area contributed by atoms with Crippen molar-refractivity contribution >= 4 is 11.6 Å². The van der Waals surface area contributed by atoms with E-state index in [1.807, 2.05) is 75.4 Å². The van der Waals surface area contributed by atoms with Crippen LogP contribution in [0, 0.1) is 6.92 Å². The zero-order chi connectivity index (χ0) is 23.6. The summed E-state index contributed by atoms with van der Waals surface area (Å²) in [6, 6.07) is 18.5. The van der Waals surface area contributed by atoms with E-state index in [1.54, 1.807) is 6.07 Å². The Hall–Kier alpha value is -3.38. The van der Waals surface area contributed by atoms with Crippen molar-refractivity contribution in [3.05, 3.63) is 77.6 Å². The number of rotatable bonds is 11. The first kappa shape index (κ1) is 24.3. The topological polar surface area (TPSA) is 69.7 Å². The van der Waals surface area contributed by atoms with E-state index in [0.29, 0.717) is 48.1 Å². The molecule has 1 heterocycles. The SMILES string of the molecule is CCCOc1cccc(Oc2cccc(NC(=O)c3ccc(CC(C)OCC)nc3C)c2)c1. The lowest BCUT2D eigenvalue weighted by molar-refractivity contribution is 0.0761. The van der Waals surface area contributed by atoms with Gasteiger partial charge in [0.05, 0.1) is 24.0 Å². The molecule has 174 valence electrons. The summed E-state index contributed by atoms with van der Waals surface area (Å²) in [5.74, 6) is 1.84. The number of nitrogens with one attached hydrogen (secondary N) is 1. The zero-order valence-corrected chi connectivity index (χ0v) is 19.8. The Morgan fingerprint density at radius 2 is 1.73 bits per heavy atom. The molecule has 3 rings (SSSR count). The number of anilines is 1. The van der Waals surface area contributed by atoms with Gasteiger partial charge in [0.15, 0.2) is 0 Å². The Morgan fingerprint density at radius 1 is 1.00 bits per heavy atom. The van der Waals surface area contributed by atoms with Crippen LogP contribution < -0.4 is 14.8 Å². The molecular formula is C27H32N2O4. The van der Waals surface area contributed by atoms with Crippen LogP contribution in [-0.4, -0.2) is 30.2 Å². The van der Waals surface area contributed by atoms with Gasteiger partial charge in [-0.2, -0.15) is 0 Å². The van der Waals surface area contributed by atoms with Crippen LogP contribution in [0.2, 0.25) is 0 Å². The first-order chi connectivity index (χ1) is 16.0. The zero-order valence-electron chi connectivity index (χ0n) is 19.8. The van der Waals surface area contributed by atoms with Gasteiger partial charge in [0.25, 0.3) is 5.91 Å². The number of carbonyl (C=O) groups excluding carboxylic acids is 1. The van der Waals surface area contributed by atoms with Gasteiger partial charge in [-0.25, -0.2) is 0 Å². The third-order valence-corrected chi connectivity index (χ3v) is 4.94. The fraction of sp³-hybridized carbons (Fsp3) is 0.333. The van der Waals surface area contributed by atoms with Crippen molar-refractivity contribution in [1.82, 2.24) is 4.98 Å². The van der Waals surface area contributed by atoms with Gasteiger partial charge in [0.2, 0.25) is 0 Å². The summed E-state index contributed by atoms with van der Waals surface area (Å²) in [5.41, 5.74) is 2.77. The lowest BCUT2D eigenvalue weighted by atomic mass is 10.1. The summed E-state index contributed by atoms with van der Waals surface area (Å²) in [5, 5.41) is 2.94. The fourth-order valence-corrected chi connectivity index (χ4v) is 3.42. The molecule has 0 saturated carbocycles. The predicted molar refractivity (Wildman–Crippen MR) is 130 cm³/mol. The van der Waals surface area contributed by atoms with E-state index >= 15 is 0 Å². The predicted octanol–water partition coefficient (Wildman–Crippen LogP) is 6.19. The number of hydrogen-bond acceptors (Lipinski definition) is 5. The maximum atomic E-state index is 12.9. The van der Waals surface area contributed by atoms with Gasteiger partial charge in [-0.1, -0.05) is 19.1 Å². The maximum Gasteiger partial charge on any atom is 0.257 e. The van der Waals surface area contributed by atoms with Crippen molar-refractivity contribution in [2.45, 2.75) is 46.6 Å². The number of aromatic nitrogens is 1. The summed E-state index contributed by atoms with van der Waals surface area (Å²) in [4.78, 5) is 17.4. The van der Waals surface area contributed by atoms with Crippen LogP contribution >= 0.6 is 0 Å². The molecule has 0 saturated heterocycles.